The van der Waals surface area contributed by atoms with Crippen molar-refractivity contribution >= 4 is 21.6 Å². The Hall–Kier alpha value is -2.33. The predicted octanol–water partition coefficient (Wildman–Crippen LogP) is 3.08. The third-order valence-corrected chi connectivity index (χ3v) is 6.46. The largest absolute Gasteiger partial charge is 0.334 e. The van der Waals surface area contributed by atoms with E-state index in [1.165, 1.54) is 6.07 Å². The Morgan fingerprint density at radius 2 is 2.03 bits per heavy atom. The van der Waals surface area contributed by atoms with E-state index >= 15 is 0 Å². The zero-order valence-electron chi connectivity index (χ0n) is 15.3. The molecule has 0 radical (unpaired) electrons. The van der Waals surface area contributed by atoms with E-state index in [-0.39, 0.29) is 16.0 Å². The zero-order valence-corrected chi connectivity index (χ0v) is 16.8. The quantitative estimate of drug-likeness (QED) is 0.638. The molecule has 0 aliphatic carbocycles. The van der Waals surface area contributed by atoms with Gasteiger partial charge in [0, 0.05) is 24.7 Å². The molecule has 0 unspecified atom stereocenters. The fourth-order valence-corrected chi connectivity index (χ4v) is 4.75. The van der Waals surface area contributed by atoms with Gasteiger partial charge in [-0.25, -0.2) is 17.5 Å². The zero-order chi connectivity index (χ0) is 20.4. The van der Waals surface area contributed by atoms with Crippen molar-refractivity contribution in [1.29, 1.82) is 0 Å². The second kappa shape index (κ2) is 8.19. The molecule has 0 amide bonds. The van der Waals surface area contributed by atoms with Gasteiger partial charge in [-0.1, -0.05) is 35.0 Å². The minimum atomic E-state index is -3.79. The lowest BCUT2D eigenvalue weighted by atomic mass is 10.2. The maximum atomic E-state index is 13.3. The molecule has 2 heterocycles. The van der Waals surface area contributed by atoms with Gasteiger partial charge in [0.05, 0.1) is 16.5 Å². The van der Waals surface area contributed by atoms with Gasteiger partial charge in [-0.2, -0.15) is 4.98 Å². The summed E-state index contributed by atoms with van der Waals surface area (Å²) in [5.74, 6) is 0.329. The molecule has 1 aliphatic rings. The highest BCUT2D eigenvalue weighted by Gasteiger charge is 2.28. The van der Waals surface area contributed by atoms with Crippen LogP contribution in [0.15, 0.2) is 57.9 Å². The van der Waals surface area contributed by atoms with Gasteiger partial charge >= 0.3 is 0 Å². The molecule has 4 rings (SSSR count). The summed E-state index contributed by atoms with van der Waals surface area (Å²) in [5, 5.41) is 3.78. The minimum Gasteiger partial charge on any atom is -0.334 e. The first kappa shape index (κ1) is 20.0. The van der Waals surface area contributed by atoms with Crippen molar-refractivity contribution in [3.63, 3.8) is 0 Å². The molecule has 7 nitrogen and oxygen atoms in total. The van der Waals surface area contributed by atoms with E-state index in [4.69, 9.17) is 16.1 Å². The van der Waals surface area contributed by atoms with Crippen molar-refractivity contribution in [2.75, 3.05) is 13.1 Å². The van der Waals surface area contributed by atoms with Gasteiger partial charge in [0.25, 0.3) is 5.89 Å². The van der Waals surface area contributed by atoms with Crippen molar-refractivity contribution in [2.45, 2.75) is 23.9 Å². The van der Waals surface area contributed by atoms with Crippen molar-refractivity contribution < 1.29 is 17.3 Å². The SMILES string of the molecule is O=S(=O)(N[C@H]1CCN(Cc2noc(-c3ccccc3)n2)C1)c1ccc(F)c(Cl)c1. The summed E-state index contributed by atoms with van der Waals surface area (Å²) in [5.41, 5.74) is 0.844. The molecule has 1 N–H and O–H groups in total. The van der Waals surface area contributed by atoms with Crippen molar-refractivity contribution in [1.82, 2.24) is 19.8 Å². The van der Waals surface area contributed by atoms with Crippen LogP contribution in [0.4, 0.5) is 4.39 Å². The molecule has 3 aromatic rings. The van der Waals surface area contributed by atoms with Gasteiger partial charge in [-0.15, -0.1) is 0 Å². The first-order chi connectivity index (χ1) is 13.9. The molecule has 0 saturated carbocycles. The third kappa shape index (κ3) is 4.64. The van der Waals surface area contributed by atoms with E-state index in [0.29, 0.717) is 37.8 Å². The molecule has 1 aliphatic heterocycles. The lowest BCUT2D eigenvalue weighted by Gasteiger charge is -2.15. The Morgan fingerprint density at radius 1 is 1.24 bits per heavy atom. The summed E-state index contributed by atoms with van der Waals surface area (Å²) in [4.78, 5) is 6.38. The molecule has 152 valence electrons. The average molecular weight is 437 g/mol. The molecular weight excluding hydrogens is 419 g/mol. The predicted molar refractivity (Wildman–Crippen MR) is 105 cm³/mol. The number of sulfonamides is 1. The Morgan fingerprint density at radius 3 is 2.79 bits per heavy atom. The van der Waals surface area contributed by atoms with E-state index in [1.54, 1.807) is 0 Å². The molecular formula is C19H18ClFN4O3S. The van der Waals surface area contributed by atoms with Crippen LogP contribution in [0.3, 0.4) is 0 Å². The molecule has 1 fully saturated rings. The van der Waals surface area contributed by atoms with Crippen LogP contribution in [0.1, 0.15) is 12.2 Å². The van der Waals surface area contributed by atoms with Crippen LogP contribution in [0.2, 0.25) is 5.02 Å². The smallest absolute Gasteiger partial charge is 0.257 e. The lowest BCUT2D eigenvalue weighted by molar-refractivity contribution is 0.307. The maximum Gasteiger partial charge on any atom is 0.257 e. The Bertz CT molecular complexity index is 1110. The molecule has 10 heteroatoms. The highest BCUT2D eigenvalue weighted by Crippen LogP contribution is 2.22. The fourth-order valence-electron chi connectivity index (χ4n) is 3.22. The van der Waals surface area contributed by atoms with E-state index in [1.807, 2.05) is 35.2 Å². The lowest BCUT2D eigenvalue weighted by Crippen LogP contribution is -2.37. The minimum absolute atomic E-state index is 0.0620. The summed E-state index contributed by atoms with van der Waals surface area (Å²) < 4.78 is 46.3. The van der Waals surface area contributed by atoms with Crippen molar-refractivity contribution in [2.24, 2.45) is 0 Å². The molecule has 1 aromatic heterocycles. The van der Waals surface area contributed by atoms with Crippen molar-refractivity contribution in [3.8, 4) is 11.5 Å². The van der Waals surface area contributed by atoms with Gasteiger partial charge < -0.3 is 4.52 Å². The normalized spacial score (nSPS) is 17.7. The summed E-state index contributed by atoms with van der Waals surface area (Å²) in [6.45, 7) is 1.65. The molecule has 29 heavy (non-hydrogen) atoms. The summed E-state index contributed by atoms with van der Waals surface area (Å²) in [6.07, 6.45) is 0.636. The van der Waals surface area contributed by atoms with Gasteiger partial charge in [-0.3, -0.25) is 4.90 Å². The summed E-state index contributed by atoms with van der Waals surface area (Å²) in [6, 6.07) is 12.5. The number of nitrogens with zero attached hydrogens (tertiary/aromatic N) is 3. The number of likely N-dealkylation sites (tertiary alicyclic amines) is 1. The van der Waals surface area contributed by atoms with Crippen LogP contribution < -0.4 is 4.72 Å². The van der Waals surface area contributed by atoms with Gasteiger partial charge in [0.15, 0.2) is 5.82 Å². The number of benzene rings is 2. The molecule has 1 atom stereocenters. The van der Waals surface area contributed by atoms with Crippen molar-refractivity contribution in [3.05, 3.63) is 65.2 Å². The Kier molecular flexibility index (Phi) is 5.64. The van der Waals surface area contributed by atoms with E-state index in [2.05, 4.69) is 14.9 Å². The third-order valence-electron chi connectivity index (χ3n) is 4.65. The standard InChI is InChI=1S/C19H18ClFN4O3S/c20-16-10-15(6-7-17(16)21)29(26,27)24-14-8-9-25(11-14)12-18-22-19(28-23-18)13-4-2-1-3-5-13/h1-7,10,14,24H,8-9,11-12H2/t14-/m0/s1. The first-order valence-electron chi connectivity index (χ1n) is 8.98. The average Bonchev–Trinajstić information content (AvgIpc) is 3.34. The second-order valence-electron chi connectivity index (χ2n) is 6.80. The number of nitrogens with one attached hydrogen (secondary N) is 1. The van der Waals surface area contributed by atoms with Crippen LogP contribution >= 0.6 is 11.6 Å². The van der Waals surface area contributed by atoms with Crippen LogP contribution in [0.5, 0.6) is 0 Å². The van der Waals surface area contributed by atoms with E-state index in [0.717, 1.165) is 17.7 Å². The summed E-state index contributed by atoms with van der Waals surface area (Å²) >= 11 is 5.70. The molecule has 0 spiro atoms. The van der Waals surface area contributed by atoms with E-state index in [9.17, 15) is 12.8 Å². The molecule has 0 bridgehead atoms. The van der Waals surface area contributed by atoms with E-state index < -0.39 is 15.8 Å². The maximum absolute atomic E-state index is 13.3. The highest BCUT2D eigenvalue weighted by atomic mass is 35.5. The molecule has 2 aromatic carbocycles. The number of hydrogen-bond donors (Lipinski definition) is 1. The molecule has 1 saturated heterocycles. The van der Waals surface area contributed by atoms with Gasteiger partial charge in [0.2, 0.25) is 10.0 Å². The van der Waals surface area contributed by atoms with Gasteiger partial charge in [0.1, 0.15) is 5.82 Å². The topological polar surface area (TPSA) is 88.3 Å². The Labute approximate surface area is 172 Å². The Balaban J connectivity index is 1.37. The number of hydrogen-bond acceptors (Lipinski definition) is 6. The highest BCUT2D eigenvalue weighted by molar-refractivity contribution is 7.89. The summed E-state index contributed by atoms with van der Waals surface area (Å²) in [7, 11) is -3.79. The van der Waals surface area contributed by atoms with Crippen LogP contribution in [-0.2, 0) is 16.6 Å². The van der Waals surface area contributed by atoms with Crippen LogP contribution in [0.25, 0.3) is 11.5 Å². The number of rotatable bonds is 6. The van der Waals surface area contributed by atoms with Crippen LogP contribution in [-0.4, -0.2) is 42.6 Å². The number of aromatic nitrogens is 2. The first-order valence-corrected chi connectivity index (χ1v) is 10.8. The van der Waals surface area contributed by atoms with Gasteiger partial charge in [-0.05, 0) is 36.8 Å². The second-order valence-corrected chi connectivity index (χ2v) is 8.92. The number of halogens is 2. The monoisotopic (exact) mass is 436 g/mol. The van der Waals surface area contributed by atoms with Crippen LogP contribution in [0, 0.1) is 5.82 Å². The fraction of sp³-hybridized carbons (Fsp3) is 0.263.